The Morgan fingerprint density at radius 2 is 1.79 bits per heavy atom. The van der Waals surface area contributed by atoms with E-state index in [9.17, 15) is 18.0 Å². The molecule has 0 radical (unpaired) electrons. The van der Waals surface area contributed by atoms with Crippen LogP contribution in [0, 0.1) is 12.8 Å². The third-order valence-electron chi connectivity index (χ3n) is 5.67. The molecule has 0 aliphatic carbocycles. The van der Waals surface area contributed by atoms with E-state index < -0.39 is 10.0 Å². The van der Waals surface area contributed by atoms with Gasteiger partial charge in [0.1, 0.15) is 0 Å². The molecule has 1 saturated heterocycles. The van der Waals surface area contributed by atoms with Crippen LogP contribution in [0.15, 0.2) is 53.4 Å². The van der Waals surface area contributed by atoms with Gasteiger partial charge in [-0.25, -0.2) is 8.42 Å². The second-order valence-corrected chi connectivity index (χ2v) is 9.89. The Bertz CT molecular complexity index is 1060. The summed E-state index contributed by atoms with van der Waals surface area (Å²) in [6.45, 7) is 4.00. The molecule has 2 aromatic carbocycles. The monoisotopic (exact) mass is 473 g/mol. The van der Waals surface area contributed by atoms with E-state index in [1.165, 1.54) is 12.1 Å². The molecule has 178 valence electrons. The molecule has 3 rings (SSSR count). The van der Waals surface area contributed by atoms with Gasteiger partial charge in [0, 0.05) is 50.5 Å². The first kappa shape index (κ1) is 24.7. The first-order valence-electron chi connectivity index (χ1n) is 11.1. The summed E-state index contributed by atoms with van der Waals surface area (Å²) in [4.78, 5) is 27.0. The van der Waals surface area contributed by atoms with Gasteiger partial charge >= 0.3 is 0 Å². The van der Waals surface area contributed by atoms with Gasteiger partial charge in [0.2, 0.25) is 5.91 Å². The molecule has 0 saturated carbocycles. The van der Waals surface area contributed by atoms with Crippen molar-refractivity contribution in [3.8, 4) is 0 Å². The maximum absolute atomic E-state index is 13.0. The average molecular weight is 474 g/mol. The molecule has 2 N–H and O–H groups in total. The van der Waals surface area contributed by atoms with Gasteiger partial charge in [-0.3, -0.25) is 14.3 Å². The third-order valence-corrected chi connectivity index (χ3v) is 7.05. The van der Waals surface area contributed by atoms with Crippen LogP contribution < -0.4 is 10.0 Å². The summed E-state index contributed by atoms with van der Waals surface area (Å²) in [5.74, 6) is -0.350. The number of nitrogens with one attached hydrogen (secondary N) is 2. The Kier molecular flexibility index (Phi) is 8.46. The van der Waals surface area contributed by atoms with Crippen molar-refractivity contribution in [2.45, 2.75) is 31.1 Å². The number of methoxy groups -OCH3 is 1. The highest BCUT2D eigenvalue weighted by Gasteiger charge is 2.28. The number of hydrogen-bond acceptors (Lipinski definition) is 5. The number of aryl methyl sites for hydroxylation is 1. The van der Waals surface area contributed by atoms with E-state index in [1.54, 1.807) is 36.3 Å². The van der Waals surface area contributed by atoms with E-state index in [-0.39, 0.29) is 22.6 Å². The molecule has 0 aromatic heterocycles. The molecule has 0 atom stereocenters. The van der Waals surface area contributed by atoms with Crippen LogP contribution in [-0.4, -0.2) is 58.5 Å². The number of benzene rings is 2. The van der Waals surface area contributed by atoms with Crippen molar-refractivity contribution in [3.63, 3.8) is 0 Å². The lowest BCUT2D eigenvalue weighted by Crippen LogP contribution is -2.43. The Labute approximate surface area is 195 Å². The van der Waals surface area contributed by atoms with Gasteiger partial charge in [0.05, 0.1) is 4.90 Å². The van der Waals surface area contributed by atoms with Gasteiger partial charge in [-0.15, -0.1) is 0 Å². The maximum Gasteiger partial charge on any atom is 0.261 e. The number of rotatable bonds is 9. The molecule has 0 unspecified atom stereocenters. The molecule has 1 aliphatic heterocycles. The lowest BCUT2D eigenvalue weighted by molar-refractivity contribution is -0.126. The number of carbonyl (C=O) groups is 2. The highest BCUT2D eigenvalue weighted by atomic mass is 32.2. The van der Waals surface area contributed by atoms with Gasteiger partial charge in [-0.2, -0.15) is 0 Å². The van der Waals surface area contributed by atoms with Crippen molar-refractivity contribution < 1.29 is 22.7 Å². The topological polar surface area (TPSA) is 105 Å². The van der Waals surface area contributed by atoms with Crippen LogP contribution in [0.2, 0.25) is 0 Å². The number of amides is 2. The molecule has 8 nitrogen and oxygen atoms in total. The highest BCUT2D eigenvalue weighted by molar-refractivity contribution is 7.92. The van der Waals surface area contributed by atoms with E-state index in [0.29, 0.717) is 50.3 Å². The van der Waals surface area contributed by atoms with Crippen molar-refractivity contribution in [1.29, 1.82) is 0 Å². The number of nitrogens with zero attached hydrogens (tertiary/aromatic N) is 1. The molecular weight excluding hydrogens is 442 g/mol. The summed E-state index contributed by atoms with van der Waals surface area (Å²) in [5.41, 5.74) is 1.79. The normalized spacial score (nSPS) is 14.7. The fourth-order valence-electron chi connectivity index (χ4n) is 3.73. The minimum atomic E-state index is -3.83. The van der Waals surface area contributed by atoms with Crippen LogP contribution in [0.25, 0.3) is 0 Å². The molecular formula is C24H31N3O5S. The lowest BCUT2D eigenvalue weighted by Gasteiger charge is -2.31. The number of sulfonamides is 1. The van der Waals surface area contributed by atoms with Gasteiger partial charge in [0.25, 0.3) is 15.9 Å². The zero-order valence-electron chi connectivity index (χ0n) is 19.0. The van der Waals surface area contributed by atoms with E-state index >= 15 is 0 Å². The van der Waals surface area contributed by atoms with Crippen molar-refractivity contribution in [3.05, 3.63) is 59.7 Å². The molecule has 0 bridgehead atoms. The molecule has 0 spiro atoms. The quantitative estimate of drug-likeness (QED) is 0.545. The fourth-order valence-corrected chi connectivity index (χ4v) is 4.84. The summed E-state index contributed by atoms with van der Waals surface area (Å²) in [7, 11) is -2.20. The van der Waals surface area contributed by atoms with Crippen molar-refractivity contribution >= 4 is 27.5 Å². The van der Waals surface area contributed by atoms with Gasteiger partial charge in [0.15, 0.2) is 0 Å². The van der Waals surface area contributed by atoms with Crippen LogP contribution in [0.5, 0.6) is 0 Å². The third kappa shape index (κ3) is 6.79. The number of anilines is 1. The largest absolute Gasteiger partial charge is 0.385 e. The van der Waals surface area contributed by atoms with Crippen LogP contribution in [0.4, 0.5) is 5.69 Å². The van der Waals surface area contributed by atoms with Gasteiger partial charge in [-0.05, 0) is 56.5 Å². The second kappa shape index (κ2) is 11.3. The van der Waals surface area contributed by atoms with E-state index in [4.69, 9.17) is 4.74 Å². The molecule has 33 heavy (non-hydrogen) atoms. The maximum atomic E-state index is 13.0. The Balaban J connectivity index is 1.59. The fraction of sp³-hybridized carbons (Fsp3) is 0.417. The zero-order valence-corrected chi connectivity index (χ0v) is 19.9. The van der Waals surface area contributed by atoms with Crippen LogP contribution in [-0.2, 0) is 19.6 Å². The SMILES string of the molecule is COCCCNC(=O)C1CCN(C(=O)c2cccc(S(=O)(=O)Nc3ccc(C)cc3)c2)CC1. The minimum Gasteiger partial charge on any atom is -0.385 e. The number of piperidine rings is 1. The highest BCUT2D eigenvalue weighted by Crippen LogP contribution is 2.22. The second-order valence-electron chi connectivity index (χ2n) is 8.20. The Morgan fingerprint density at radius 3 is 2.45 bits per heavy atom. The lowest BCUT2D eigenvalue weighted by atomic mass is 9.95. The average Bonchev–Trinajstić information content (AvgIpc) is 2.83. The molecule has 9 heteroatoms. The number of hydrogen-bond donors (Lipinski definition) is 2. The smallest absolute Gasteiger partial charge is 0.261 e. The summed E-state index contributed by atoms with van der Waals surface area (Å²) in [5, 5.41) is 2.91. The van der Waals surface area contributed by atoms with E-state index in [0.717, 1.165) is 12.0 Å². The predicted molar refractivity (Wildman–Crippen MR) is 127 cm³/mol. The van der Waals surface area contributed by atoms with Crippen molar-refractivity contribution in [2.75, 3.05) is 38.1 Å². The summed E-state index contributed by atoms with van der Waals surface area (Å²) >= 11 is 0. The number of carbonyl (C=O) groups excluding carboxylic acids is 2. The predicted octanol–water partition coefficient (Wildman–Crippen LogP) is 2.80. The van der Waals surface area contributed by atoms with Gasteiger partial charge < -0.3 is 15.0 Å². The molecule has 1 heterocycles. The standard InChI is InChI=1S/C24H31N3O5S/c1-18-7-9-21(10-8-18)26-33(30,31)22-6-3-5-20(17-22)24(29)27-14-11-19(12-15-27)23(28)25-13-4-16-32-2/h3,5-10,17,19,26H,4,11-16H2,1-2H3,(H,25,28). The first-order chi connectivity index (χ1) is 15.8. The minimum absolute atomic E-state index is 0.00785. The van der Waals surface area contributed by atoms with E-state index in [1.807, 2.05) is 19.1 Å². The summed E-state index contributed by atoms with van der Waals surface area (Å²) in [6.07, 6.45) is 1.92. The van der Waals surface area contributed by atoms with Crippen molar-refractivity contribution in [2.24, 2.45) is 5.92 Å². The van der Waals surface area contributed by atoms with Crippen molar-refractivity contribution in [1.82, 2.24) is 10.2 Å². The van der Waals surface area contributed by atoms with Crippen LogP contribution >= 0.6 is 0 Å². The molecule has 2 amide bonds. The summed E-state index contributed by atoms with van der Waals surface area (Å²) < 4.78 is 33.1. The molecule has 2 aromatic rings. The Morgan fingerprint density at radius 1 is 1.09 bits per heavy atom. The Hall–Kier alpha value is -2.91. The first-order valence-corrected chi connectivity index (χ1v) is 12.5. The van der Waals surface area contributed by atoms with E-state index in [2.05, 4.69) is 10.0 Å². The zero-order chi connectivity index (χ0) is 23.8. The van der Waals surface area contributed by atoms with Crippen LogP contribution in [0.1, 0.15) is 35.2 Å². The number of likely N-dealkylation sites (tertiary alicyclic amines) is 1. The van der Waals surface area contributed by atoms with Gasteiger partial charge in [-0.1, -0.05) is 23.8 Å². The molecule has 1 aliphatic rings. The summed E-state index contributed by atoms with van der Waals surface area (Å²) in [6, 6.07) is 13.1. The molecule has 1 fully saturated rings. The number of ether oxygens (including phenoxy) is 1. The van der Waals surface area contributed by atoms with Crippen LogP contribution in [0.3, 0.4) is 0 Å².